The average molecular weight is 266 g/mol. The van der Waals surface area contributed by atoms with Gasteiger partial charge in [0, 0.05) is 0 Å². The van der Waals surface area contributed by atoms with Crippen LogP contribution in [0.4, 0.5) is 0 Å². The van der Waals surface area contributed by atoms with Crippen LogP contribution in [0.5, 0.6) is 0 Å². The van der Waals surface area contributed by atoms with Crippen LogP contribution in [0.2, 0.25) is 0 Å². The Balaban J connectivity index is 1.52. The first-order valence-corrected chi connectivity index (χ1v) is 8.01. The van der Waals surface area contributed by atoms with E-state index < -0.39 is 0 Å². The zero-order valence-corrected chi connectivity index (χ0v) is 12.1. The van der Waals surface area contributed by atoms with Gasteiger partial charge in [0.25, 0.3) is 0 Å². The van der Waals surface area contributed by atoms with Crippen LogP contribution in [-0.2, 0) is 14.3 Å². The molecule has 0 radical (unpaired) electrons. The average Bonchev–Trinajstić information content (AvgIpc) is 3.16. The van der Waals surface area contributed by atoms with Gasteiger partial charge in [-0.15, -0.1) is 0 Å². The minimum Gasteiger partial charge on any atom is -0.462 e. The van der Waals surface area contributed by atoms with Gasteiger partial charge < -0.3 is 9.47 Å². The van der Waals surface area contributed by atoms with Crippen molar-refractivity contribution in [2.24, 2.45) is 17.8 Å². The molecular formula is C16H26O3. The fourth-order valence-corrected chi connectivity index (χ4v) is 3.91. The highest BCUT2D eigenvalue weighted by Crippen LogP contribution is 2.43. The zero-order chi connectivity index (χ0) is 13.4. The summed E-state index contributed by atoms with van der Waals surface area (Å²) in [7, 11) is 0. The summed E-state index contributed by atoms with van der Waals surface area (Å²) < 4.78 is 11.3. The minimum absolute atomic E-state index is 0.0273. The summed E-state index contributed by atoms with van der Waals surface area (Å²) in [5, 5.41) is 0. The predicted octanol–water partition coefficient (Wildman–Crippen LogP) is 3.31. The summed E-state index contributed by atoms with van der Waals surface area (Å²) in [6.45, 7) is 4.24. The second-order valence-electron chi connectivity index (χ2n) is 6.81. The van der Waals surface area contributed by atoms with Gasteiger partial charge in [-0.1, -0.05) is 26.2 Å². The highest BCUT2D eigenvalue weighted by Gasteiger charge is 2.49. The predicted molar refractivity (Wildman–Crippen MR) is 72.7 cm³/mol. The molecule has 108 valence electrons. The molecular weight excluding hydrogens is 240 g/mol. The second kappa shape index (κ2) is 5.43. The molecule has 1 aliphatic heterocycles. The molecule has 0 amide bonds. The molecule has 0 aromatic carbocycles. The number of hydrogen-bond acceptors (Lipinski definition) is 3. The largest absolute Gasteiger partial charge is 0.462 e. The Kier molecular flexibility index (Phi) is 3.84. The molecule has 0 aromatic rings. The number of ether oxygens (including phenoxy) is 2. The summed E-state index contributed by atoms with van der Waals surface area (Å²) in [6.07, 6.45) is 9.17. The molecule has 0 N–H and O–H groups in total. The Bertz CT molecular complexity index is 335. The van der Waals surface area contributed by atoms with Gasteiger partial charge >= 0.3 is 5.97 Å². The maximum absolute atomic E-state index is 12.3. The van der Waals surface area contributed by atoms with Gasteiger partial charge in [0.05, 0.1) is 18.1 Å². The van der Waals surface area contributed by atoms with Crippen LogP contribution in [-0.4, -0.2) is 24.3 Å². The molecule has 2 aliphatic carbocycles. The van der Waals surface area contributed by atoms with Crippen molar-refractivity contribution >= 4 is 5.97 Å². The molecule has 3 rings (SSSR count). The second-order valence-corrected chi connectivity index (χ2v) is 6.81. The smallest absolute Gasteiger partial charge is 0.309 e. The quantitative estimate of drug-likeness (QED) is 0.581. The molecule has 3 nitrogen and oxygen atoms in total. The van der Waals surface area contributed by atoms with Crippen molar-refractivity contribution in [3.05, 3.63) is 0 Å². The van der Waals surface area contributed by atoms with E-state index in [-0.39, 0.29) is 18.0 Å². The third kappa shape index (κ3) is 2.96. The summed E-state index contributed by atoms with van der Waals surface area (Å²) in [4.78, 5) is 12.3. The molecule has 5 unspecified atom stereocenters. The molecule has 0 spiro atoms. The lowest BCUT2D eigenvalue weighted by atomic mass is 9.80. The summed E-state index contributed by atoms with van der Waals surface area (Å²) in [6, 6.07) is 0. The first kappa shape index (κ1) is 13.4. The lowest BCUT2D eigenvalue weighted by Crippen LogP contribution is -2.34. The van der Waals surface area contributed by atoms with Crippen molar-refractivity contribution < 1.29 is 14.3 Å². The number of carbonyl (C=O) groups is 1. The number of epoxide rings is 1. The fraction of sp³-hybridized carbons (Fsp3) is 0.938. The molecule has 5 atom stereocenters. The first-order chi connectivity index (χ1) is 9.15. The Morgan fingerprint density at radius 3 is 2.58 bits per heavy atom. The van der Waals surface area contributed by atoms with E-state index in [1.165, 1.54) is 32.1 Å². The Hall–Kier alpha value is -0.570. The summed E-state index contributed by atoms with van der Waals surface area (Å²) >= 11 is 0. The Morgan fingerprint density at radius 1 is 1.16 bits per heavy atom. The molecule has 3 fully saturated rings. The third-order valence-corrected chi connectivity index (χ3v) is 5.38. The van der Waals surface area contributed by atoms with Crippen LogP contribution >= 0.6 is 0 Å². The van der Waals surface area contributed by atoms with Gasteiger partial charge in [0.2, 0.25) is 0 Å². The van der Waals surface area contributed by atoms with Gasteiger partial charge in [-0.3, -0.25) is 4.79 Å². The van der Waals surface area contributed by atoms with Crippen LogP contribution in [0.25, 0.3) is 0 Å². The Morgan fingerprint density at radius 2 is 1.84 bits per heavy atom. The van der Waals surface area contributed by atoms with E-state index >= 15 is 0 Å². The van der Waals surface area contributed by atoms with E-state index in [1.807, 2.05) is 0 Å². The molecule has 2 saturated carbocycles. The Labute approximate surface area is 116 Å². The van der Waals surface area contributed by atoms with Crippen LogP contribution in [0, 0.1) is 17.8 Å². The van der Waals surface area contributed by atoms with Crippen molar-refractivity contribution in [2.45, 2.75) is 77.1 Å². The number of rotatable bonds is 3. The van der Waals surface area contributed by atoms with Crippen LogP contribution < -0.4 is 0 Å². The topological polar surface area (TPSA) is 38.8 Å². The number of carbonyl (C=O) groups excluding carboxylic acids is 1. The number of hydrogen-bond donors (Lipinski definition) is 0. The standard InChI is InChI=1S/C16H26O3/c1-10-8-14-15(19-14)9-13(10)16(17)18-11(2)12-6-4-3-5-7-12/h10-15H,3-9H2,1-2H3. The number of fused-ring (bicyclic) bond motifs is 1. The van der Waals surface area contributed by atoms with Crippen molar-refractivity contribution in [1.82, 2.24) is 0 Å². The van der Waals surface area contributed by atoms with Gasteiger partial charge in [0.15, 0.2) is 0 Å². The van der Waals surface area contributed by atoms with Gasteiger partial charge in [0.1, 0.15) is 6.10 Å². The lowest BCUT2D eigenvalue weighted by molar-refractivity contribution is -0.159. The minimum atomic E-state index is 0.0273. The SMILES string of the molecule is CC1CC2OC2CC1C(=O)OC(C)C1CCCCC1. The number of esters is 1. The van der Waals surface area contributed by atoms with Crippen LogP contribution in [0.1, 0.15) is 58.8 Å². The normalized spacial score (nSPS) is 40.3. The lowest BCUT2D eigenvalue weighted by Gasteiger charge is -2.30. The van der Waals surface area contributed by atoms with Crippen molar-refractivity contribution in [3.63, 3.8) is 0 Å². The van der Waals surface area contributed by atoms with Crippen molar-refractivity contribution in [2.75, 3.05) is 0 Å². The van der Waals surface area contributed by atoms with Gasteiger partial charge in [-0.25, -0.2) is 0 Å². The summed E-state index contributed by atoms with van der Waals surface area (Å²) in [5.74, 6) is 1.09. The first-order valence-electron chi connectivity index (χ1n) is 8.01. The van der Waals surface area contributed by atoms with E-state index in [2.05, 4.69) is 13.8 Å². The maximum Gasteiger partial charge on any atom is 0.309 e. The highest BCUT2D eigenvalue weighted by atomic mass is 16.6. The molecule has 0 bridgehead atoms. The van der Waals surface area contributed by atoms with E-state index in [0.717, 1.165) is 12.8 Å². The maximum atomic E-state index is 12.3. The summed E-state index contributed by atoms with van der Waals surface area (Å²) in [5.41, 5.74) is 0. The zero-order valence-electron chi connectivity index (χ0n) is 12.1. The molecule has 1 saturated heterocycles. The van der Waals surface area contributed by atoms with E-state index in [9.17, 15) is 4.79 Å². The van der Waals surface area contributed by atoms with E-state index in [4.69, 9.17) is 9.47 Å². The fourth-order valence-electron chi connectivity index (χ4n) is 3.91. The van der Waals surface area contributed by atoms with Gasteiger partial charge in [-0.05, 0) is 44.4 Å². The van der Waals surface area contributed by atoms with E-state index in [0.29, 0.717) is 24.0 Å². The van der Waals surface area contributed by atoms with E-state index in [1.54, 1.807) is 0 Å². The molecule has 3 aliphatic rings. The van der Waals surface area contributed by atoms with Gasteiger partial charge in [-0.2, -0.15) is 0 Å². The highest BCUT2D eigenvalue weighted by molar-refractivity contribution is 5.73. The van der Waals surface area contributed by atoms with Crippen LogP contribution in [0.15, 0.2) is 0 Å². The third-order valence-electron chi connectivity index (χ3n) is 5.38. The monoisotopic (exact) mass is 266 g/mol. The molecule has 0 aromatic heterocycles. The molecule has 19 heavy (non-hydrogen) atoms. The van der Waals surface area contributed by atoms with Crippen molar-refractivity contribution in [3.8, 4) is 0 Å². The van der Waals surface area contributed by atoms with Crippen LogP contribution in [0.3, 0.4) is 0 Å². The molecule has 3 heteroatoms. The van der Waals surface area contributed by atoms with Crippen molar-refractivity contribution in [1.29, 1.82) is 0 Å². The molecule has 1 heterocycles.